The van der Waals surface area contributed by atoms with Crippen LogP contribution in [-0.2, 0) is 19.1 Å². The lowest BCUT2D eigenvalue weighted by atomic mass is 9.95. The van der Waals surface area contributed by atoms with Gasteiger partial charge in [0.2, 0.25) is 0 Å². The normalized spacial score (nSPS) is 14.8. The molecule has 1 aromatic heterocycles. The lowest BCUT2D eigenvalue weighted by Gasteiger charge is -2.26. The predicted molar refractivity (Wildman–Crippen MR) is 161 cm³/mol. The first-order chi connectivity index (χ1) is 20.1. The first-order valence-electron chi connectivity index (χ1n) is 13.1. The SMILES string of the molecule is CCOC(=O)C1=C(C)N=c2s/c(=C/c3cc(OC)c(OCC(=O)OC)cc3Br)c(=O)n2[C@@H]1c1ccccc1OC(C)C. The molecule has 10 nitrogen and oxygen atoms in total. The smallest absolute Gasteiger partial charge is 0.343 e. The van der Waals surface area contributed by atoms with E-state index in [0.29, 0.717) is 47.9 Å². The number of rotatable bonds is 10. The fourth-order valence-electron chi connectivity index (χ4n) is 4.42. The molecule has 0 spiro atoms. The number of thiazole rings is 1. The second kappa shape index (κ2) is 13.4. The van der Waals surface area contributed by atoms with Crippen LogP contribution in [0.25, 0.3) is 6.08 Å². The van der Waals surface area contributed by atoms with E-state index in [1.54, 1.807) is 32.1 Å². The summed E-state index contributed by atoms with van der Waals surface area (Å²) < 4.78 is 29.6. The molecule has 0 unspecified atom stereocenters. The highest BCUT2D eigenvalue weighted by atomic mass is 79.9. The molecule has 0 amide bonds. The Kier molecular flexibility index (Phi) is 9.89. The van der Waals surface area contributed by atoms with E-state index in [1.165, 1.54) is 30.1 Å². The number of esters is 2. The van der Waals surface area contributed by atoms with Crippen molar-refractivity contribution in [3.8, 4) is 17.2 Å². The molecule has 42 heavy (non-hydrogen) atoms. The summed E-state index contributed by atoms with van der Waals surface area (Å²) in [5.74, 6) is 0.154. The highest BCUT2D eigenvalue weighted by molar-refractivity contribution is 9.10. The molecule has 1 aliphatic rings. The Balaban J connectivity index is 1.90. The van der Waals surface area contributed by atoms with E-state index in [2.05, 4.69) is 25.7 Å². The van der Waals surface area contributed by atoms with Crippen LogP contribution in [-0.4, -0.2) is 50.0 Å². The number of benzene rings is 2. The number of para-hydroxylation sites is 1. The summed E-state index contributed by atoms with van der Waals surface area (Å²) in [6.45, 7) is 7.16. The number of fused-ring (bicyclic) bond motifs is 1. The zero-order valence-corrected chi connectivity index (χ0v) is 26.5. The van der Waals surface area contributed by atoms with Crippen LogP contribution in [0.4, 0.5) is 0 Å². The third kappa shape index (κ3) is 6.44. The minimum Gasteiger partial charge on any atom is -0.493 e. The number of hydrogen-bond donors (Lipinski definition) is 0. The number of methoxy groups -OCH3 is 2. The summed E-state index contributed by atoms with van der Waals surface area (Å²) in [5, 5.41) is 0. The maximum absolute atomic E-state index is 14.1. The molecule has 0 saturated heterocycles. The number of halogens is 1. The molecule has 1 aliphatic heterocycles. The van der Waals surface area contributed by atoms with Gasteiger partial charge in [-0.1, -0.05) is 45.5 Å². The van der Waals surface area contributed by atoms with Crippen LogP contribution in [0.1, 0.15) is 44.9 Å². The molecule has 0 aliphatic carbocycles. The van der Waals surface area contributed by atoms with Crippen molar-refractivity contribution in [2.45, 2.75) is 39.8 Å². The van der Waals surface area contributed by atoms with E-state index in [0.717, 1.165) is 0 Å². The third-order valence-corrected chi connectivity index (χ3v) is 7.91. The minimum absolute atomic E-state index is 0.134. The Morgan fingerprint density at radius 1 is 1.14 bits per heavy atom. The molecule has 12 heteroatoms. The molecule has 0 bridgehead atoms. The fourth-order valence-corrected chi connectivity index (χ4v) is 5.90. The molecule has 0 fully saturated rings. The number of aromatic nitrogens is 1. The second-order valence-electron chi connectivity index (χ2n) is 9.40. The Bertz CT molecular complexity index is 1720. The van der Waals surface area contributed by atoms with E-state index in [-0.39, 0.29) is 30.5 Å². The Morgan fingerprint density at radius 3 is 2.55 bits per heavy atom. The Labute approximate surface area is 255 Å². The summed E-state index contributed by atoms with van der Waals surface area (Å²) >= 11 is 4.72. The van der Waals surface area contributed by atoms with Crippen molar-refractivity contribution in [3.05, 3.63) is 83.0 Å². The molecular weight excluding hydrogens is 628 g/mol. The van der Waals surface area contributed by atoms with E-state index in [4.69, 9.17) is 18.9 Å². The van der Waals surface area contributed by atoms with E-state index in [9.17, 15) is 14.4 Å². The van der Waals surface area contributed by atoms with Crippen molar-refractivity contribution in [2.24, 2.45) is 4.99 Å². The van der Waals surface area contributed by atoms with Gasteiger partial charge in [-0.15, -0.1) is 0 Å². The summed E-state index contributed by atoms with van der Waals surface area (Å²) in [6, 6.07) is 9.86. The minimum atomic E-state index is -0.815. The molecule has 3 aromatic rings. The van der Waals surface area contributed by atoms with E-state index >= 15 is 0 Å². The highest BCUT2D eigenvalue weighted by Gasteiger charge is 2.35. The maximum Gasteiger partial charge on any atom is 0.343 e. The average Bonchev–Trinajstić information content (AvgIpc) is 3.26. The highest BCUT2D eigenvalue weighted by Crippen LogP contribution is 2.37. The summed E-state index contributed by atoms with van der Waals surface area (Å²) in [6.07, 6.45) is 1.57. The summed E-state index contributed by atoms with van der Waals surface area (Å²) in [5.41, 5.74) is 1.66. The quantitative estimate of drug-likeness (QED) is 0.301. The van der Waals surface area contributed by atoms with Gasteiger partial charge in [-0.2, -0.15) is 0 Å². The summed E-state index contributed by atoms with van der Waals surface area (Å²) in [7, 11) is 2.75. The Morgan fingerprint density at radius 2 is 1.88 bits per heavy atom. The van der Waals surface area contributed by atoms with Crippen LogP contribution in [0.3, 0.4) is 0 Å². The molecular formula is C30H31BrN2O8S. The topological polar surface area (TPSA) is 115 Å². The molecule has 2 heterocycles. The van der Waals surface area contributed by atoms with Crippen LogP contribution in [0, 0.1) is 0 Å². The van der Waals surface area contributed by atoms with E-state index in [1.807, 2.05) is 38.1 Å². The molecule has 1 atom stereocenters. The van der Waals surface area contributed by atoms with Gasteiger partial charge in [0.1, 0.15) is 11.8 Å². The van der Waals surface area contributed by atoms with Crippen LogP contribution in [0.15, 0.2) is 61.9 Å². The first kappa shape index (κ1) is 31.0. The maximum atomic E-state index is 14.1. The number of ether oxygens (including phenoxy) is 5. The lowest BCUT2D eigenvalue weighted by molar-refractivity contribution is -0.143. The van der Waals surface area contributed by atoms with E-state index < -0.39 is 18.0 Å². The van der Waals surface area contributed by atoms with Crippen molar-refractivity contribution in [1.82, 2.24) is 4.57 Å². The average molecular weight is 660 g/mol. The molecule has 2 aromatic carbocycles. The molecule has 4 rings (SSSR count). The number of hydrogen-bond acceptors (Lipinski definition) is 10. The molecule has 0 saturated carbocycles. The number of carbonyl (C=O) groups is 2. The van der Waals surface area contributed by atoms with Gasteiger partial charge in [-0.3, -0.25) is 9.36 Å². The van der Waals surface area contributed by atoms with Crippen molar-refractivity contribution < 1.29 is 33.3 Å². The van der Waals surface area contributed by atoms with Gasteiger partial charge in [0, 0.05) is 10.0 Å². The largest absolute Gasteiger partial charge is 0.493 e. The predicted octanol–water partition coefficient (Wildman–Crippen LogP) is 3.91. The van der Waals surface area contributed by atoms with Gasteiger partial charge >= 0.3 is 11.9 Å². The fraction of sp³-hybridized carbons (Fsp3) is 0.333. The van der Waals surface area contributed by atoms with Gasteiger partial charge in [-0.25, -0.2) is 14.6 Å². The van der Waals surface area contributed by atoms with Crippen LogP contribution < -0.4 is 29.1 Å². The zero-order chi connectivity index (χ0) is 30.6. The molecule has 222 valence electrons. The van der Waals surface area contributed by atoms with Crippen molar-refractivity contribution in [1.29, 1.82) is 0 Å². The Hall–Kier alpha value is -3.90. The third-order valence-electron chi connectivity index (χ3n) is 6.24. The number of allylic oxidation sites excluding steroid dienone is 1. The van der Waals surface area contributed by atoms with Gasteiger partial charge in [0.15, 0.2) is 22.9 Å². The zero-order valence-electron chi connectivity index (χ0n) is 24.1. The number of nitrogens with zero attached hydrogens (tertiary/aromatic N) is 2. The van der Waals surface area contributed by atoms with Crippen molar-refractivity contribution in [2.75, 3.05) is 27.4 Å². The standard InChI is InChI=1S/C30H31BrN2O8S/c1-7-39-29(36)26-17(4)32-30-33(27(26)19-10-8-9-11-21(19)41-16(2)3)28(35)24(42-30)13-18-12-22(37-5)23(14-20(18)31)40-15-25(34)38-6/h8-14,16,27H,7,15H2,1-6H3/b24-13+/t27-/m1/s1. The van der Waals surface area contributed by atoms with Gasteiger partial charge in [0.05, 0.1) is 42.7 Å². The lowest BCUT2D eigenvalue weighted by Crippen LogP contribution is -2.40. The van der Waals surface area contributed by atoms with Crippen LogP contribution >= 0.6 is 27.3 Å². The first-order valence-corrected chi connectivity index (χ1v) is 14.7. The van der Waals surface area contributed by atoms with Gasteiger partial charge in [-0.05, 0) is 57.5 Å². The van der Waals surface area contributed by atoms with Gasteiger partial charge in [0.25, 0.3) is 5.56 Å². The summed E-state index contributed by atoms with van der Waals surface area (Å²) in [4.78, 5) is 43.9. The van der Waals surface area contributed by atoms with Gasteiger partial charge < -0.3 is 23.7 Å². The second-order valence-corrected chi connectivity index (χ2v) is 11.3. The molecule has 0 radical (unpaired) electrons. The van der Waals surface area contributed by atoms with Crippen molar-refractivity contribution >= 4 is 45.3 Å². The molecule has 0 N–H and O–H groups in total. The van der Waals surface area contributed by atoms with Crippen LogP contribution in [0.2, 0.25) is 0 Å². The number of carbonyl (C=O) groups excluding carboxylic acids is 2. The monoisotopic (exact) mass is 658 g/mol. The van der Waals surface area contributed by atoms with Crippen molar-refractivity contribution in [3.63, 3.8) is 0 Å². The van der Waals surface area contributed by atoms with Crippen LogP contribution in [0.5, 0.6) is 17.2 Å².